The molecule has 1 aliphatic heterocycles. The Morgan fingerprint density at radius 3 is 2.60 bits per heavy atom. The zero-order valence-electron chi connectivity index (χ0n) is 10.1. The summed E-state index contributed by atoms with van der Waals surface area (Å²) in [5.74, 6) is -1.68. The van der Waals surface area contributed by atoms with Crippen LogP contribution in [-0.4, -0.2) is 37.2 Å². The van der Waals surface area contributed by atoms with Gasteiger partial charge in [-0.1, -0.05) is 6.07 Å². The lowest BCUT2D eigenvalue weighted by atomic mass is 10.1. The molecule has 3 N–H and O–H groups in total. The van der Waals surface area contributed by atoms with Crippen LogP contribution in [0.4, 0.5) is 5.69 Å². The molecule has 0 saturated carbocycles. The summed E-state index contributed by atoms with van der Waals surface area (Å²) in [6.45, 7) is -0.144. The number of benzene rings is 1. The lowest BCUT2D eigenvalue weighted by Gasteiger charge is -2.19. The van der Waals surface area contributed by atoms with E-state index in [1.165, 1.54) is 12.1 Å². The molecule has 0 spiro atoms. The fourth-order valence-corrected chi connectivity index (χ4v) is 3.33. The second-order valence-electron chi connectivity index (χ2n) is 4.36. The molecular weight excluding hydrogens is 352 g/mol. The summed E-state index contributed by atoms with van der Waals surface area (Å²) in [7, 11) is -3.84. The number of halogens is 1. The molecule has 20 heavy (non-hydrogen) atoms. The number of anilines is 1. The first-order valence-electron chi connectivity index (χ1n) is 5.55. The summed E-state index contributed by atoms with van der Waals surface area (Å²) in [5.41, 5.74) is 0.0685. The highest BCUT2D eigenvalue weighted by Crippen LogP contribution is 2.31. The number of hydrogen-bond acceptors (Lipinski definition) is 4. The van der Waals surface area contributed by atoms with Gasteiger partial charge in [-0.3, -0.25) is 4.79 Å². The van der Waals surface area contributed by atoms with Crippen LogP contribution in [0, 0.1) is 0 Å². The van der Waals surface area contributed by atoms with Gasteiger partial charge in [0.05, 0.1) is 11.3 Å². The van der Waals surface area contributed by atoms with Crippen LogP contribution in [0.2, 0.25) is 0 Å². The van der Waals surface area contributed by atoms with Crippen molar-refractivity contribution in [2.75, 3.05) is 11.4 Å². The number of sulfonamides is 1. The Kier molecular flexibility index (Phi) is 3.85. The SMILES string of the molecule is NS(=O)(=O)C1CC(=O)N(c2cccc(Br)c2C(=O)O)C1. The molecule has 1 aromatic carbocycles. The summed E-state index contributed by atoms with van der Waals surface area (Å²) < 4.78 is 22.9. The van der Waals surface area contributed by atoms with Gasteiger partial charge in [0.1, 0.15) is 5.25 Å². The first-order chi connectivity index (χ1) is 9.21. The van der Waals surface area contributed by atoms with Crippen molar-refractivity contribution in [1.82, 2.24) is 0 Å². The zero-order chi connectivity index (χ0) is 15.1. The van der Waals surface area contributed by atoms with Crippen LogP contribution >= 0.6 is 15.9 Å². The van der Waals surface area contributed by atoms with Gasteiger partial charge in [0, 0.05) is 17.4 Å². The predicted octanol–water partition coefficient (Wildman–Crippen LogP) is 0.541. The maximum Gasteiger partial charge on any atom is 0.338 e. The third-order valence-electron chi connectivity index (χ3n) is 3.05. The highest BCUT2D eigenvalue weighted by Gasteiger charge is 2.38. The van der Waals surface area contributed by atoms with E-state index >= 15 is 0 Å². The van der Waals surface area contributed by atoms with Crippen LogP contribution in [0.1, 0.15) is 16.8 Å². The molecular formula is C11H11BrN2O5S. The maximum atomic E-state index is 11.9. The Morgan fingerprint density at radius 2 is 2.10 bits per heavy atom. The van der Waals surface area contributed by atoms with Gasteiger partial charge in [0.2, 0.25) is 15.9 Å². The van der Waals surface area contributed by atoms with Crippen LogP contribution < -0.4 is 10.0 Å². The van der Waals surface area contributed by atoms with Gasteiger partial charge in [0.15, 0.2) is 0 Å². The molecule has 1 amide bonds. The third kappa shape index (κ3) is 2.69. The van der Waals surface area contributed by atoms with Gasteiger partial charge in [0.25, 0.3) is 0 Å². The van der Waals surface area contributed by atoms with E-state index < -0.39 is 27.1 Å². The molecule has 1 atom stereocenters. The van der Waals surface area contributed by atoms with Gasteiger partial charge < -0.3 is 10.0 Å². The largest absolute Gasteiger partial charge is 0.478 e. The smallest absolute Gasteiger partial charge is 0.338 e. The average Bonchev–Trinajstić information content (AvgIpc) is 2.70. The van der Waals surface area contributed by atoms with Gasteiger partial charge >= 0.3 is 5.97 Å². The Labute approximate surface area is 123 Å². The van der Waals surface area contributed by atoms with E-state index in [1.807, 2.05) is 0 Å². The summed E-state index contributed by atoms with van der Waals surface area (Å²) in [5, 5.41) is 13.2. The molecule has 1 unspecified atom stereocenters. The zero-order valence-corrected chi connectivity index (χ0v) is 12.5. The van der Waals surface area contributed by atoms with E-state index in [0.29, 0.717) is 4.47 Å². The van der Waals surface area contributed by atoms with Crippen molar-refractivity contribution in [3.8, 4) is 0 Å². The lowest BCUT2D eigenvalue weighted by molar-refractivity contribution is -0.117. The summed E-state index contributed by atoms with van der Waals surface area (Å²) in [6.07, 6.45) is -0.246. The van der Waals surface area contributed by atoms with Crippen LogP contribution in [0.25, 0.3) is 0 Å². The van der Waals surface area contributed by atoms with Crippen molar-refractivity contribution >= 4 is 43.5 Å². The third-order valence-corrected chi connectivity index (χ3v) is 4.96. The Bertz CT molecular complexity index is 688. The molecule has 0 radical (unpaired) electrons. The maximum absolute atomic E-state index is 11.9. The standard InChI is InChI=1S/C11H11BrN2O5S/c12-7-2-1-3-8(10(7)11(16)17)14-5-6(4-9(14)15)20(13,18)19/h1-3,6H,4-5H2,(H,16,17)(H2,13,18,19). The topological polar surface area (TPSA) is 118 Å². The molecule has 9 heteroatoms. The predicted molar refractivity (Wildman–Crippen MR) is 75.0 cm³/mol. The molecule has 0 aliphatic carbocycles. The van der Waals surface area contributed by atoms with Crippen molar-refractivity contribution in [3.05, 3.63) is 28.2 Å². The number of primary sulfonamides is 1. The molecule has 108 valence electrons. The Hall–Kier alpha value is -1.45. The fraction of sp³-hybridized carbons (Fsp3) is 0.273. The van der Waals surface area contributed by atoms with Crippen molar-refractivity contribution < 1.29 is 23.1 Å². The van der Waals surface area contributed by atoms with E-state index in [4.69, 9.17) is 5.14 Å². The Morgan fingerprint density at radius 1 is 1.45 bits per heavy atom. The fourth-order valence-electron chi connectivity index (χ4n) is 2.08. The highest BCUT2D eigenvalue weighted by atomic mass is 79.9. The van der Waals surface area contributed by atoms with E-state index in [-0.39, 0.29) is 24.2 Å². The van der Waals surface area contributed by atoms with Gasteiger partial charge in [-0.25, -0.2) is 18.4 Å². The summed E-state index contributed by atoms with van der Waals surface area (Å²) in [4.78, 5) is 24.3. The summed E-state index contributed by atoms with van der Waals surface area (Å²) >= 11 is 3.11. The highest BCUT2D eigenvalue weighted by molar-refractivity contribution is 9.10. The number of carboxylic acid groups (broad SMARTS) is 1. The minimum Gasteiger partial charge on any atom is -0.478 e. The number of nitrogens with two attached hydrogens (primary N) is 1. The molecule has 1 fully saturated rings. The van der Waals surface area contributed by atoms with Gasteiger partial charge in [-0.2, -0.15) is 0 Å². The van der Waals surface area contributed by atoms with Gasteiger partial charge in [-0.15, -0.1) is 0 Å². The van der Waals surface area contributed by atoms with Crippen molar-refractivity contribution in [3.63, 3.8) is 0 Å². The van der Waals surface area contributed by atoms with Crippen LogP contribution in [-0.2, 0) is 14.8 Å². The van der Waals surface area contributed by atoms with Crippen LogP contribution in [0.15, 0.2) is 22.7 Å². The lowest BCUT2D eigenvalue weighted by Crippen LogP contribution is -2.32. The van der Waals surface area contributed by atoms with E-state index in [9.17, 15) is 23.1 Å². The molecule has 1 saturated heterocycles. The molecule has 1 aliphatic rings. The monoisotopic (exact) mass is 362 g/mol. The first kappa shape index (κ1) is 14.9. The quantitative estimate of drug-likeness (QED) is 0.813. The normalized spacial score (nSPS) is 19.4. The first-order valence-corrected chi connectivity index (χ1v) is 7.96. The summed E-state index contributed by atoms with van der Waals surface area (Å²) in [6, 6.07) is 4.56. The van der Waals surface area contributed by atoms with E-state index in [0.717, 1.165) is 4.90 Å². The van der Waals surface area contributed by atoms with Crippen molar-refractivity contribution in [2.45, 2.75) is 11.7 Å². The van der Waals surface area contributed by atoms with Crippen LogP contribution in [0.3, 0.4) is 0 Å². The number of aromatic carboxylic acids is 1. The number of amides is 1. The van der Waals surface area contributed by atoms with Crippen molar-refractivity contribution in [1.29, 1.82) is 0 Å². The number of rotatable bonds is 3. The minimum atomic E-state index is -3.84. The van der Waals surface area contributed by atoms with E-state index in [2.05, 4.69) is 15.9 Å². The molecule has 1 heterocycles. The number of carbonyl (C=O) groups excluding carboxylic acids is 1. The number of carboxylic acids is 1. The van der Waals surface area contributed by atoms with Crippen molar-refractivity contribution in [2.24, 2.45) is 5.14 Å². The molecule has 0 aromatic heterocycles. The molecule has 0 bridgehead atoms. The Balaban J connectivity index is 2.46. The number of hydrogen-bond donors (Lipinski definition) is 2. The van der Waals surface area contributed by atoms with Crippen LogP contribution in [0.5, 0.6) is 0 Å². The minimum absolute atomic E-state index is 0.0871. The van der Waals surface area contributed by atoms with Gasteiger partial charge in [-0.05, 0) is 28.1 Å². The second kappa shape index (κ2) is 5.15. The average molecular weight is 363 g/mol. The molecule has 7 nitrogen and oxygen atoms in total. The van der Waals surface area contributed by atoms with E-state index in [1.54, 1.807) is 6.07 Å². The molecule has 2 rings (SSSR count). The molecule has 1 aromatic rings. The number of carbonyl (C=O) groups is 2. The second-order valence-corrected chi connectivity index (χ2v) is 7.06. The number of nitrogens with zero attached hydrogens (tertiary/aromatic N) is 1.